The number of anilines is 1. The van der Waals surface area contributed by atoms with Gasteiger partial charge in [0, 0.05) is 45.3 Å². The van der Waals surface area contributed by atoms with Gasteiger partial charge in [0.25, 0.3) is 0 Å². The Morgan fingerprint density at radius 2 is 2.00 bits per heavy atom. The molecule has 0 unspecified atom stereocenters. The lowest BCUT2D eigenvalue weighted by atomic mass is 10.1. The van der Waals surface area contributed by atoms with Crippen molar-refractivity contribution in [3.63, 3.8) is 0 Å². The third kappa shape index (κ3) is 3.48. The topological polar surface area (TPSA) is 35.6 Å². The molecule has 1 aliphatic heterocycles. The highest BCUT2D eigenvalue weighted by Crippen LogP contribution is 2.23. The Morgan fingerprint density at radius 1 is 1.30 bits per heavy atom. The van der Waals surface area contributed by atoms with Gasteiger partial charge in [0.2, 0.25) is 5.91 Å². The Morgan fingerprint density at radius 3 is 2.60 bits per heavy atom. The van der Waals surface area contributed by atoms with E-state index < -0.39 is 0 Å². The van der Waals surface area contributed by atoms with E-state index in [1.54, 1.807) is 13.0 Å². The Labute approximate surface area is 119 Å². The van der Waals surface area contributed by atoms with Gasteiger partial charge < -0.3 is 15.1 Å². The summed E-state index contributed by atoms with van der Waals surface area (Å²) in [4.78, 5) is 15.4. The largest absolute Gasteiger partial charge is 0.368 e. The first-order chi connectivity index (χ1) is 9.61. The van der Waals surface area contributed by atoms with Crippen molar-refractivity contribution in [1.82, 2.24) is 10.2 Å². The fraction of sp³-hybridized carbons (Fsp3) is 0.533. The van der Waals surface area contributed by atoms with Crippen molar-refractivity contribution < 1.29 is 9.18 Å². The fourth-order valence-corrected chi connectivity index (χ4v) is 2.53. The number of hydrogen-bond donors (Lipinski definition) is 1. The second-order valence-corrected chi connectivity index (χ2v) is 5.05. The molecule has 1 saturated heterocycles. The number of nitrogens with one attached hydrogen (secondary N) is 1. The number of halogens is 1. The molecule has 1 aliphatic rings. The van der Waals surface area contributed by atoms with Crippen LogP contribution in [-0.4, -0.2) is 43.5 Å². The van der Waals surface area contributed by atoms with E-state index in [2.05, 4.69) is 10.2 Å². The number of amides is 1. The van der Waals surface area contributed by atoms with Crippen molar-refractivity contribution in [1.29, 1.82) is 0 Å². The van der Waals surface area contributed by atoms with Crippen LogP contribution >= 0.6 is 0 Å². The van der Waals surface area contributed by atoms with Gasteiger partial charge >= 0.3 is 0 Å². The van der Waals surface area contributed by atoms with Crippen LogP contribution in [0.1, 0.15) is 19.4 Å². The van der Waals surface area contributed by atoms with Crippen molar-refractivity contribution in [2.75, 3.05) is 37.6 Å². The molecule has 5 heteroatoms. The number of piperazine rings is 1. The number of nitrogens with zero attached hydrogens (tertiary/aromatic N) is 2. The Hall–Kier alpha value is -1.62. The van der Waals surface area contributed by atoms with Gasteiger partial charge in [0.15, 0.2) is 0 Å². The van der Waals surface area contributed by atoms with E-state index in [1.807, 2.05) is 17.9 Å². The zero-order chi connectivity index (χ0) is 14.5. The molecule has 1 aromatic carbocycles. The van der Waals surface area contributed by atoms with E-state index >= 15 is 0 Å². The summed E-state index contributed by atoms with van der Waals surface area (Å²) < 4.78 is 13.4. The molecule has 0 spiro atoms. The molecular weight excluding hydrogens is 257 g/mol. The van der Waals surface area contributed by atoms with E-state index in [1.165, 1.54) is 6.07 Å². The molecule has 0 bridgehead atoms. The Balaban J connectivity index is 2.10. The third-order valence-electron chi connectivity index (χ3n) is 3.67. The highest BCUT2D eigenvalue weighted by atomic mass is 19.1. The van der Waals surface area contributed by atoms with E-state index in [-0.39, 0.29) is 11.7 Å². The van der Waals surface area contributed by atoms with Crippen molar-refractivity contribution in [2.24, 2.45) is 0 Å². The normalized spacial score (nSPS) is 15.6. The summed E-state index contributed by atoms with van der Waals surface area (Å²) in [7, 11) is 0. The van der Waals surface area contributed by atoms with Crippen molar-refractivity contribution in [2.45, 2.75) is 20.4 Å². The van der Waals surface area contributed by atoms with E-state index in [9.17, 15) is 9.18 Å². The third-order valence-corrected chi connectivity index (χ3v) is 3.67. The minimum Gasteiger partial charge on any atom is -0.368 e. The predicted octanol–water partition coefficient (Wildman–Crippen LogP) is 1.60. The summed E-state index contributed by atoms with van der Waals surface area (Å²) in [5.74, 6) is -0.0827. The van der Waals surface area contributed by atoms with Crippen LogP contribution < -0.4 is 10.2 Å². The smallest absolute Gasteiger partial charge is 0.219 e. The standard InChI is InChI=1S/C15H22FN3O/c1-3-17-11-13-10-14(16)4-5-15(13)19-8-6-18(7-9-19)12(2)20/h4-5,10,17H,3,6-9,11H2,1-2H3. The monoisotopic (exact) mass is 279 g/mol. The van der Waals surface area contributed by atoms with Gasteiger partial charge in [-0.1, -0.05) is 6.92 Å². The van der Waals surface area contributed by atoms with E-state index in [0.717, 1.165) is 44.0 Å². The lowest BCUT2D eigenvalue weighted by Gasteiger charge is -2.36. The maximum Gasteiger partial charge on any atom is 0.219 e. The van der Waals surface area contributed by atoms with Crippen LogP contribution in [0.5, 0.6) is 0 Å². The Kier molecular flexibility index (Phi) is 4.95. The van der Waals surface area contributed by atoms with Gasteiger partial charge in [-0.15, -0.1) is 0 Å². The van der Waals surface area contributed by atoms with Crippen LogP contribution in [0.3, 0.4) is 0 Å². The number of hydrogen-bond acceptors (Lipinski definition) is 3. The molecule has 1 aromatic rings. The van der Waals surface area contributed by atoms with Crippen LogP contribution in [0.15, 0.2) is 18.2 Å². The van der Waals surface area contributed by atoms with Crippen molar-refractivity contribution in [3.8, 4) is 0 Å². The molecule has 0 saturated carbocycles. The molecule has 20 heavy (non-hydrogen) atoms. The highest BCUT2D eigenvalue weighted by Gasteiger charge is 2.20. The first-order valence-corrected chi connectivity index (χ1v) is 7.11. The van der Waals surface area contributed by atoms with Gasteiger partial charge in [0.1, 0.15) is 5.82 Å². The molecular formula is C15H22FN3O. The van der Waals surface area contributed by atoms with Gasteiger partial charge in [-0.05, 0) is 30.3 Å². The maximum atomic E-state index is 13.4. The van der Waals surface area contributed by atoms with Gasteiger partial charge in [-0.25, -0.2) is 4.39 Å². The summed E-state index contributed by atoms with van der Waals surface area (Å²) in [6.45, 7) is 8.20. The second-order valence-electron chi connectivity index (χ2n) is 5.05. The zero-order valence-corrected chi connectivity index (χ0v) is 12.2. The number of rotatable bonds is 4. The summed E-state index contributed by atoms with van der Waals surface area (Å²) in [5, 5.41) is 3.24. The van der Waals surface area contributed by atoms with Gasteiger partial charge in [-0.2, -0.15) is 0 Å². The van der Waals surface area contributed by atoms with Crippen molar-refractivity contribution in [3.05, 3.63) is 29.6 Å². The fourth-order valence-electron chi connectivity index (χ4n) is 2.53. The molecule has 0 atom stereocenters. The summed E-state index contributed by atoms with van der Waals surface area (Å²) in [6, 6.07) is 4.93. The Bertz CT molecular complexity index is 470. The molecule has 0 radical (unpaired) electrons. The van der Waals surface area contributed by atoms with Crippen LogP contribution in [0.4, 0.5) is 10.1 Å². The average molecular weight is 279 g/mol. The van der Waals surface area contributed by atoms with Gasteiger partial charge in [-0.3, -0.25) is 4.79 Å². The number of carbonyl (C=O) groups excluding carboxylic acids is 1. The van der Waals surface area contributed by atoms with Crippen LogP contribution in [0, 0.1) is 5.82 Å². The SMILES string of the molecule is CCNCc1cc(F)ccc1N1CCN(C(C)=O)CC1. The predicted molar refractivity (Wildman–Crippen MR) is 78.2 cm³/mol. The molecule has 2 rings (SSSR count). The molecule has 1 N–H and O–H groups in total. The minimum atomic E-state index is -0.205. The molecule has 1 amide bonds. The molecule has 1 fully saturated rings. The first-order valence-electron chi connectivity index (χ1n) is 7.11. The zero-order valence-electron chi connectivity index (χ0n) is 12.2. The lowest BCUT2D eigenvalue weighted by molar-refractivity contribution is -0.129. The molecule has 0 aliphatic carbocycles. The number of carbonyl (C=O) groups is 1. The summed E-state index contributed by atoms with van der Waals surface area (Å²) in [5.41, 5.74) is 2.04. The van der Waals surface area contributed by atoms with E-state index in [4.69, 9.17) is 0 Å². The van der Waals surface area contributed by atoms with Crippen LogP contribution in [0.2, 0.25) is 0 Å². The van der Waals surface area contributed by atoms with Crippen LogP contribution in [0.25, 0.3) is 0 Å². The maximum absolute atomic E-state index is 13.4. The molecule has 1 heterocycles. The lowest BCUT2D eigenvalue weighted by Crippen LogP contribution is -2.48. The second kappa shape index (κ2) is 6.70. The number of benzene rings is 1. The van der Waals surface area contributed by atoms with Crippen LogP contribution in [-0.2, 0) is 11.3 Å². The minimum absolute atomic E-state index is 0.122. The highest BCUT2D eigenvalue weighted by molar-refractivity contribution is 5.73. The quantitative estimate of drug-likeness (QED) is 0.909. The summed E-state index contributed by atoms with van der Waals surface area (Å²) >= 11 is 0. The molecule has 0 aromatic heterocycles. The summed E-state index contributed by atoms with van der Waals surface area (Å²) in [6.07, 6.45) is 0. The molecule has 4 nitrogen and oxygen atoms in total. The van der Waals surface area contributed by atoms with Gasteiger partial charge in [0.05, 0.1) is 0 Å². The first kappa shape index (κ1) is 14.8. The van der Waals surface area contributed by atoms with E-state index in [0.29, 0.717) is 6.54 Å². The van der Waals surface area contributed by atoms with Crippen molar-refractivity contribution >= 4 is 11.6 Å². The average Bonchev–Trinajstić information content (AvgIpc) is 2.45. The molecule has 110 valence electrons.